The van der Waals surface area contributed by atoms with Crippen molar-refractivity contribution in [3.8, 4) is 12.3 Å². The molecule has 0 radical (unpaired) electrons. The van der Waals surface area contributed by atoms with E-state index in [9.17, 15) is 22.0 Å². The first-order chi connectivity index (χ1) is 6.79. The molecule has 0 saturated carbocycles. The lowest BCUT2D eigenvalue weighted by Crippen LogP contribution is -2.33. The van der Waals surface area contributed by atoms with Gasteiger partial charge in [0.25, 0.3) is 0 Å². The fourth-order valence-electron chi connectivity index (χ4n) is 0.939. The Morgan fingerprint density at radius 1 is 0.933 bits per heavy atom. The highest BCUT2D eigenvalue weighted by Gasteiger charge is 2.58. The third-order valence-corrected chi connectivity index (χ3v) is 1.77. The molecule has 1 rings (SSSR count). The van der Waals surface area contributed by atoms with Crippen LogP contribution in [0.1, 0.15) is 11.1 Å². The molecule has 0 saturated heterocycles. The Labute approximate surface area is 82.7 Å². The van der Waals surface area contributed by atoms with E-state index in [1.54, 1.807) is 0 Å². The van der Waals surface area contributed by atoms with Crippen LogP contribution in [0, 0.1) is 12.3 Å². The summed E-state index contributed by atoms with van der Waals surface area (Å²) >= 11 is 0. The van der Waals surface area contributed by atoms with Gasteiger partial charge in [0.15, 0.2) is 0 Å². The number of rotatable bonds is 1. The highest BCUT2D eigenvalue weighted by Crippen LogP contribution is 2.43. The SMILES string of the molecule is C#Cc1ccc(C(F)(F)C(F)(F)F)cc1. The van der Waals surface area contributed by atoms with E-state index in [1.807, 2.05) is 0 Å². The Morgan fingerprint density at radius 2 is 1.40 bits per heavy atom. The van der Waals surface area contributed by atoms with E-state index in [1.165, 1.54) is 0 Å². The molecule has 0 bridgehead atoms. The van der Waals surface area contributed by atoms with E-state index >= 15 is 0 Å². The number of alkyl halides is 5. The number of benzene rings is 1. The van der Waals surface area contributed by atoms with E-state index in [-0.39, 0.29) is 5.56 Å². The van der Waals surface area contributed by atoms with Crippen molar-refractivity contribution in [3.05, 3.63) is 35.4 Å². The summed E-state index contributed by atoms with van der Waals surface area (Å²) in [6.07, 6.45) is -0.658. The van der Waals surface area contributed by atoms with Crippen LogP contribution in [-0.4, -0.2) is 6.18 Å². The van der Waals surface area contributed by atoms with Crippen LogP contribution >= 0.6 is 0 Å². The molecule has 1 aromatic carbocycles. The van der Waals surface area contributed by atoms with Crippen molar-refractivity contribution < 1.29 is 22.0 Å². The van der Waals surface area contributed by atoms with Crippen molar-refractivity contribution in [1.82, 2.24) is 0 Å². The van der Waals surface area contributed by atoms with Crippen LogP contribution in [0.4, 0.5) is 22.0 Å². The van der Waals surface area contributed by atoms with Crippen molar-refractivity contribution in [2.24, 2.45) is 0 Å². The second-order valence-electron chi connectivity index (χ2n) is 2.79. The van der Waals surface area contributed by atoms with Gasteiger partial charge in [0.05, 0.1) is 0 Å². The van der Waals surface area contributed by atoms with Gasteiger partial charge in [-0.2, -0.15) is 22.0 Å². The maximum absolute atomic E-state index is 12.7. The second kappa shape index (κ2) is 3.54. The zero-order valence-electron chi connectivity index (χ0n) is 7.28. The lowest BCUT2D eigenvalue weighted by molar-refractivity contribution is -0.289. The summed E-state index contributed by atoms with van der Waals surface area (Å²) in [7, 11) is 0. The van der Waals surface area contributed by atoms with Gasteiger partial charge in [0.2, 0.25) is 0 Å². The monoisotopic (exact) mass is 220 g/mol. The molecule has 0 N–H and O–H groups in total. The van der Waals surface area contributed by atoms with Gasteiger partial charge in [-0.3, -0.25) is 0 Å². The van der Waals surface area contributed by atoms with Gasteiger partial charge in [0, 0.05) is 11.1 Å². The van der Waals surface area contributed by atoms with Crippen LogP contribution in [-0.2, 0) is 5.92 Å². The summed E-state index contributed by atoms with van der Waals surface area (Å²) in [6.45, 7) is 0. The largest absolute Gasteiger partial charge is 0.458 e. The van der Waals surface area contributed by atoms with Gasteiger partial charge in [-0.25, -0.2) is 0 Å². The molecule has 0 spiro atoms. The Balaban J connectivity index is 3.13. The van der Waals surface area contributed by atoms with Gasteiger partial charge < -0.3 is 0 Å². The first-order valence-corrected chi connectivity index (χ1v) is 3.80. The predicted molar refractivity (Wildman–Crippen MR) is 44.3 cm³/mol. The predicted octanol–water partition coefficient (Wildman–Crippen LogP) is 3.32. The first kappa shape index (κ1) is 11.5. The molecule has 0 aliphatic heterocycles. The van der Waals surface area contributed by atoms with Crippen LogP contribution in [0.2, 0.25) is 0 Å². The molecular weight excluding hydrogens is 215 g/mol. The molecule has 0 heterocycles. The average molecular weight is 220 g/mol. The summed E-state index contributed by atoms with van der Waals surface area (Å²) in [5, 5.41) is 0. The Morgan fingerprint density at radius 3 is 1.73 bits per heavy atom. The molecule has 0 aromatic heterocycles. The second-order valence-corrected chi connectivity index (χ2v) is 2.79. The van der Waals surface area contributed by atoms with Crippen LogP contribution in [0.5, 0.6) is 0 Å². The third kappa shape index (κ3) is 2.09. The fourth-order valence-corrected chi connectivity index (χ4v) is 0.939. The van der Waals surface area contributed by atoms with E-state index in [2.05, 4.69) is 5.92 Å². The molecule has 5 heteroatoms. The van der Waals surface area contributed by atoms with Crippen molar-refractivity contribution in [2.75, 3.05) is 0 Å². The topological polar surface area (TPSA) is 0 Å². The molecule has 80 valence electrons. The lowest BCUT2D eigenvalue weighted by atomic mass is 10.1. The van der Waals surface area contributed by atoms with Gasteiger partial charge >= 0.3 is 12.1 Å². The van der Waals surface area contributed by atoms with Crippen molar-refractivity contribution >= 4 is 0 Å². The minimum Gasteiger partial charge on any atom is -0.191 e. The van der Waals surface area contributed by atoms with Gasteiger partial charge in [-0.1, -0.05) is 18.1 Å². The van der Waals surface area contributed by atoms with Crippen molar-refractivity contribution in [2.45, 2.75) is 12.1 Å². The minimum atomic E-state index is -5.59. The van der Waals surface area contributed by atoms with E-state index in [0.717, 1.165) is 12.1 Å². The number of halogens is 5. The maximum atomic E-state index is 12.7. The molecule has 0 amide bonds. The summed E-state index contributed by atoms with van der Waals surface area (Å²) < 4.78 is 61.2. The van der Waals surface area contributed by atoms with Crippen LogP contribution in [0.15, 0.2) is 24.3 Å². The highest BCUT2D eigenvalue weighted by molar-refractivity contribution is 5.35. The first-order valence-electron chi connectivity index (χ1n) is 3.80. The standard InChI is InChI=1S/C10H5F5/c1-2-7-3-5-8(6-4-7)9(11,12)10(13,14)15/h1,3-6H. The smallest absolute Gasteiger partial charge is 0.191 e. The molecule has 0 aliphatic rings. The van der Waals surface area contributed by atoms with E-state index in [4.69, 9.17) is 6.42 Å². The average Bonchev–Trinajstić information content (AvgIpc) is 2.16. The van der Waals surface area contributed by atoms with E-state index in [0.29, 0.717) is 12.1 Å². The molecule has 1 aromatic rings. The van der Waals surface area contributed by atoms with Gasteiger partial charge in [0.1, 0.15) is 0 Å². The number of hydrogen-bond acceptors (Lipinski definition) is 0. The molecule has 0 atom stereocenters. The molecule has 15 heavy (non-hydrogen) atoms. The maximum Gasteiger partial charge on any atom is 0.458 e. The minimum absolute atomic E-state index is 0.247. The van der Waals surface area contributed by atoms with Crippen molar-refractivity contribution in [1.29, 1.82) is 0 Å². The Hall–Kier alpha value is -1.57. The molecular formula is C10H5F5. The Bertz CT molecular complexity index is 380. The summed E-state index contributed by atoms with van der Waals surface area (Å²) in [4.78, 5) is 0. The van der Waals surface area contributed by atoms with Crippen LogP contribution in [0.3, 0.4) is 0 Å². The molecule has 0 fully saturated rings. The van der Waals surface area contributed by atoms with E-state index < -0.39 is 17.7 Å². The normalized spacial score (nSPS) is 12.3. The molecule has 0 unspecified atom stereocenters. The quantitative estimate of drug-likeness (QED) is 0.503. The fraction of sp³-hybridized carbons (Fsp3) is 0.200. The van der Waals surface area contributed by atoms with Crippen LogP contribution in [0.25, 0.3) is 0 Å². The van der Waals surface area contributed by atoms with Gasteiger partial charge in [-0.15, -0.1) is 6.42 Å². The zero-order valence-corrected chi connectivity index (χ0v) is 7.28. The summed E-state index contributed by atoms with van der Waals surface area (Å²) in [6, 6.07) is 3.41. The number of hydrogen-bond donors (Lipinski definition) is 0. The lowest BCUT2D eigenvalue weighted by Gasteiger charge is -2.19. The summed E-state index contributed by atoms with van der Waals surface area (Å²) in [5.41, 5.74) is -0.870. The molecule has 0 nitrogen and oxygen atoms in total. The summed E-state index contributed by atoms with van der Waals surface area (Å²) in [5.74, 6) is -2.73. The van der Waals surface area contributed by atoms with Gasteiger partial charge in [-0.05, 0) is 12.1 Å². The Kier molecular flexibility index (Phi) is 2.71. The molecule has 0 aliphatic carbocycles. The third-order valence-electron chi connectivity index (χ3n) is 1.77. The zero-order chi connectivity index (χ0) is 11.7. The van der Waals surface area contributed by atoms with Crippen molar-refractivity contribution in [3.63, 3.8) is 0 Å². The van der Waals surface area contributed by atoms with Crippen LogP contribution < -0.4 is 0 Å². The number of terminal acetylenes is 1. The highest BCUT2D eigenvalue weighted by atomic mass is 19.4.